The molecule has 1 aromatic heterocycles. The third-order valence-corrected chi connectivity index (χ3v) is 4.34. The third kappa shape index (κ3) is 4.55. The first-order chi connectivity index (χ1) is 11.7. The average Bonchev–Trinajstić information content (AvgIpc) is 2.61. The Hall–Kier alpha value is -2.40. The summed E-state index contributed by atoms with van der Waals surface area (Å²) >= 11 is 0. The van der Waals surface area contributed by atoms with Gasteiger partial charge in [0.1, 0.15) is 0 Å². The number of urea groups is 1. The Bertz CT molecular complexity index is 666. The molecule has 1 N–H and O–H groups in total. The predicted octanol–water partition coefficient (Wildman–Crippen LogP) is 2.42. The molecule has 2 amide bonds. The highest BCUT2D eigenvalue weighted by atomic mass is 16.2. The molecule has 0 saturated carbocycles. The van der Waals surface area contributed by atoms with Gasteiger partial charge in [0.05, 0.1) is 0 Å². The summed E-state index contributed by atoms with van der Waals surface area (Å²) in [5.41, 5.74) is 3.70. The molecule has 1 aliphatic heterocycles. The minimum Gasteiger partial charge on any atom is -0.334 e. The van der Waals surface area contributed by atoms with Crippen LogP contribution >= 0.6 is 0 Å². The predicted molar refractivity (Wildman–Crippen MR) is 94.5 cm³/mol. The van der Waals surface area contributed by atoms with E-state index in [9.17, 15) is 4.79 Å². The fourth-order valence-corrected chi connectivity index (χ4v) is 2.97. The number of nitrogens with one attached hydrogen (secondary N) is 1. The fourth-order valence-electron chi connectivity index (χ4n) is 2.97. The van der Waals surface area contributed by atoms with Gasteiger partial charge < -0.3 is 10.2 Å². The van der Waals surface area contributed by atoms with Crippen molar-refractivity contribution >= 4 is 6.03 Å². The van der Waals surface area contributed by atoms with E-state index in [0.717, 1.165) is 38.3 Å². The molecule has 0 unspecified atom stereocenters. The Labute approximate surface area is 143 Å². The second kappa shape index (κ2) is 7.93. The Kier molecular flexibility index (Phi) is 5.43. The number of amides is 2. The van der Waals surface area contributed by atoms with E-state index in [4.69, 9.17) is 0 Å². The summed E-state index contributed by atoms with van der Waals surface area (Å²) in [5.74, 6) is 0. The maximum absolute atomic E-state index is 12.3. The molecule has 1 aliphatic rings. The van der Waals surface area contributed by atoms with E-state index in [1.165, 1.54) is 11.1 Å². The largest absolute Gasteiger partial charge is 0.334 e. The van der Waals surface area contributed by atoms with Gasteiger partial charge in [0.15, 0.2) is 0 Å². The molecule has 24 heavy (non-hydrogen) atoms. The molecule has 5 nitrogen and oxygen atoms in total. The quantitative estimate of drug-likeness (QED) is 0.939. The minimum atomic E-state index is 0.0158. The number of aryl methyl sites for hydroxylation is 1. The van der Waals surface area contributed by atoms with Crippen LogP contribution in [0.2, 0.25) is 0 Å². The highest BCUT2D eigenvalue weighted by Gasteiger charge is 2.20. The second-order valence-corrected chi connectivity index (χ2v) is 6.27. The zero-order chi connectivity index (χ0) is 16.8. The summed E-state index contributed by atoms with van der Waals surface area (Å²) in [7, 11) is 0. The van der Waals surface area contributed by atoms with Crippen molar-refractivity contribution in [1.82, 2.24) is 20.1 Å². The van der Waals surface area contributed by atoms with E-state index >= 15 is 0 Å². The van der Waals surface area contributed by atoms with Crippen molar-refractivity contribution in [2.75, 3.05) is 26.2 Å². The van der Waals surface area contributed by atoms with E-state index < -0.39 is 0 Å². The summed E-state index contributed by atoms with van der Waals surface area (Å²) < 4.78 is 0. The van der Waals surface area contributed by atoms with Crippen molar-refractivity contribution < 1.29 is 4.79 Å². The molecule has 2 aromatic rings. The number of rotatable bonds is 4. The molecule has 0 radical (unpaired) electrons. The minimum absolute atomic E-state index is 0.0158. The topological polar surface area (TPSA) is 48.5 Å². The lowest BCUT2D eigenvalue weighted by atomic mass is 10.1. The number of aromatic nitrogens is 1. The molecule has 1 aromatic carbocycles. The first kappa shape index (κ1) is 16.5. The van der Waals surface area contributed by atoms with E-state index in [0.29, 0.717) is 6.54 Å². The van der Waals surface area contributed by atoms with E-state index in [2.05, 4.69) is 46.4 Å². The van der Waals surface area contributed by atoms with Gasteiger partial charge in [0, 0.05) is 51.7 Å². The number of hydrogen-bond donors (Lipinski definition) is 1. The number of benzene rings is 1. The van der Waals surface area contributed by atoms with E-state index in [-0.39, 0.29) is 6.03 Å². The number of carbonyl (C=O) groups excluding carboxylic acids is 1. The molecular formula is C19H24N4O. The Morgan fingerprint density at radius 3 is 2.54 bits per heavy atom. The zero-order valence-electron chi connectivity index (χ0n) is 14.1. The second-order valence-electron chi connectivity index (χ2n) is 6.27. The van der Waals surface area contributed by atoms with Crippen LogP contribution in [0.15, 0.2) is 48.8 Å². The van der Waals surface area contributed by atoms with Gasteiger partial charge in [0.2, 0.25) is 0 Å². The SMILES string of the molecule is Cc1cccc(CN2CCN(C(=O)NCc3ccncc3)CC2)c1. The summed E-state index contributed by atoms with van der Waals surface area (Å²) in [6.07, 6.45) is 3.48. The molecule has 2 heterocycles. The van der Waals surface area contributed by atoms with E-state index in [1.807, 2.05) is 17.0 Å². The van der Waals surface area contributed by atoms with E-state index in [1.54, 1.807) is 12.4 Å². The van der Waals surface area contributed by atoms with Gasteiger partial charge in [-0.05, 0) is 30.2 Å². The number of pyridine rings is 1. The molecular weight excluding hydrogens is 300 g/mol. The van der Waals surface area contributed by atoms with Crippen molar-refractivity contribution in [2.45, 2.75) is 20.0 Å². The summed E-state index contributed by atoms with van der Waals surface area (Å²) in [6.45, 7) is 6.99. The Morgan fingerprint density at radius 1 is 1.08 bits per heavy atom. The number of nitrogens with zero attached hydrogens (tertiary/aromatic N) is 3. The first-order valence-electron chi connectivity index (χ1n) is 8.40. The lowest BCUT2D eigenvalue weighted by Gasteiger charge is -2.34. The number of piperazine rings is 1. The van der Waals surface area contributed by atoms with Crippen molar-refractivity contribution in [3.63, 3.8) is 0 Å². The van der Waals surface area contributed by atoms with Crippen LogP contribution < -0.4 is 5.32 Å². The van der Waals surface area contributed by atoms with Gasteiger partial charge in [-0.15, -0.1) is 0 Å². The van der Waals surface area contributed by atoms with Gasteiger partial charge in [0.25, 0.3) is 0 Å². The molecule has 3 rings (SSSR count). The molecule has 0 aliphatic carbocycles. The van der Waals surface area contributed by atoms with Gasteiger partial charge >= 0.3 is 6.03 Å². The highest BCUT2D eigenvalue weighted by molar-refractivity contribution is 5.74. The van der Waals surface area contributed by atoms with Crippen molar-refractivity contribution in [1.29, 1.82) is 0 Å². The smallest absolute Gasteiger partial charge is 0.317 e. The van der Waals surface area contributed by atoms with Crippen LogP contribution in [0.1, 0.15) is 16.7 Å². The maximum atomic E-state index is 12.3. The number of hydrogen-bond acceptors (Lipinski definition) is 3. The third-order valence-electron chi connectivity index (χ3n) is 4.34. The van der Waals surface area contributed by atoms with Crippen LogP contribution in [-0.4, -0.2) is 47.0 Å². The summed E-state index contributed by atoms with van der Waals surface area (Å²) in [4.78, 5) is 20.5. The zero-order valence-corrected chi connectivity index (χ0v) is 14.1. The van der Waals surface area contributed by atoms with Gasteiger partial charge in [-0.2, -0.15) is 0 Å². The normalized spacial score (nSPS) is 15.3. The lowest BCUT2D eigenvalue weighted by molar-refractivity contribution is 0.135. The van der Waals surface area contributed by atoms with Crippen LogP contribution in [0.5, 0.6) is 0 Å². The maximum Gasteiger partial charge on any atom is 0.317 e. The molecule has 5 heteroatoms. The van der Waals surface area contributed by atoms with Crippen LogP contribution in [0.3, 0.4) is 0 Å². The lowest BCUT2D eigenvalue weighted by Crippen LogP contribution is -2.51. The van der Waals surface area contributed by atoms with Crippen LogP contribution in [0.4, 0.5) is 4.79 Å². The molecule has 0 spiro atoms. The Balaban J connectivity index is 1.43. The molecule has 126 valence electrons. The fraction of sp³-hybridized carbons (Fsp3) is 0.368. The number of carbonyl (C=O) groups is 1. The van der Waals surface area contributed by atoms with Crippen molar-refractivity contribution in [2.24, 2.45) is 0 Å². The summed E-state index contributed by atoms with van der Waals surface area (Å²) in [6, 6.07) is 12.5. The van der Waals surface area contributed by atoms with Gasteiger partial charge in [-0.25, -0.2) is 4.79 Å². The molecule has 0 atom stereocenters. The van der Waals surface area contributed by atoms with Crippen molar-refractivity contribution in [3.05, 3.63) is 65.5 Å². The van der Waals surface area contributed by atoms with Gasteiger partial charge in [-0.3, -0.25) is 9.88 Å². The highest BCUT2D eigenvalue weighted by Crippen LogP contribution is 2.10. The Morgan fingerprint density at radius 2 is 1.83 bits per heavy atom. The van der Waals surface area contributed by atoms with Crippen LogP contribution in [0.25, 0.3) is 0 Å². The average molecular weight is 324 g/mol. The van der Waals surface area contributed by atoms with Crippen molar-refractivity contribution in [3.8, 4) is 0 Å². The van der Waals surface area contributed by atoms with Crippen LogP contribution in [-0.2, 0) is 13.1 Å². The standard InChI is InChI=1S/C19H24N4O/c1-16-3-2-4-18(13-16)15-22-9-11-23(12-10-22)19(24)21-14-17-5-7-20-8-6-17/h2-8,13H,9-12,14-15H2,1H3,(H,21,24). The molecule has 0 bridgehead atoms. The molecule has 1 saturated heterocycles. The van der Waals surface area contributed by atoms with Crippen LogP contribution in [0, 0.1) is 6.92 Å². The molecule has 1 fully saturated rings. The summed E-state index contributed by atoms with van der Waals surface area (Å²) in [5, 5.41) is 2.98. The monoisotopic (exact) mass is 324 g/mol. The van der Waals surface area contributed by atoms with Gasteiger partial charge in [-0.1, -0.05) is 29.8 Å². The first-order valence-corrected chi connectivity index (χ1v) is 8.40.